The Hall–Kier alpha value is -0.610. The first-order valence-corrected chi connectivity index (χ1v) is 4.27. The van der Waals surface area contributed by atoms with Crippen molar-refractivity contribution in [1.82, 2.24) is 15.0 Å². The molecule has 0 fully saturated rings. The van der Waals surface area contributed by atoms with Crippen LogP contribution in [0.3, 0.4) is 0 Å². The molecule has 6 heteroatoms. The Kier molecular flexibility index (Phi) is 3.05. The molecule has 0 spiro atoms. The van der Waals surface area contributed by atoms with E-state index in [-0.39, 0.29) is 17.1 Å². The van der Waals surface area contributed by atoms with Crippen LogP contribution in [0.5, 0.6) is 0 Å². The van der Waals surface area contributed by atoms with Crippen molar-refractivity contribution in [2.75, 3.05) is 11.6 Å². The van der Waals surface area contributed by atoms with E-state index < -0.39 is 0 Å². The van der Waals surface area contributed by atoms with E-state index in [2.05, 4.69) is 15.0 Å². The van der Waals surface area contributed by atoms with Crippen molar-refractivity contribution >= 4 is 29.2 Å². The fraction of sp³-hybridized carbons (Fsp3) is 0.500. The van der Waals surface area contributed by atoms with Gasteiger partial charge in [0.25, 0.3) is 0 Å². The normalized spacial score (nSPS) is 12.9. The highest BCUT2D eigenvalue weighted by atomic mass is 35.5. The monoisotopic (exact) mass is 206 g/mol. The quantitative estimate of drug-likeness (QED) is 0.745. The molecule has 1 unspecified atom stereocenters. The lowest BCUT2D eigenvalue weighted by Gasteiger charge is -2.05. The Morgan fingerprint density at radius 2 is 2.08 bits per heavy atom. The number of nitrogens with two attached hydrogens (primary N) is 1. The van der Waals surface area contributed by atoms with E-state index in [9.17, 15) is 0 Å². The molecule has 0 radical (unpaired) electrons. The molecule has 2 N–H and O–H groups in total. The molecule has 0 bridgehead atoms. The molecule has 0 aliphatic rings. The highest BCUT2D eigenvalue weighted by molar-refractivity contribution is 6.28. The predicted molar refractivity (Wildman–Crippen MR) is 48.4 cm³/mol. The first-order valence-electron chi connectivity index (χ1n) is 3.36. The van der Waals surface area contributed by atoms with E-state index in [4.69, 9.17) is 28.9 Å². The molecular weight excluding hydrogens is 199 g/mol. The second-order valence-corrected chi connectivity index (χ2v) is 3.02. The molecule has 0 aliphatic carbocycles. The summed E-state index contributed by atoms with van der Waals surface area (Å²) in [6, 6.07) is 0. The fourth-order valence-corrected chi connectivity index (χ4v) is 0.982. The van der Waals surface area contributed by atoms with Crippen LogP contribution in [0, 0.1) is 0 Å². The van der Waals surface area contributed by atoms with E-state index in [1.165, 1.54) is 0 Å². The van der Waals surface area contributed by atoms with Gasteiger partial charge in [0.15, 0.2) is 0 Å². The summed E-state index contributed by atoms with van der Waals surface area (Å²) in [7, 11) is 0. The van der Waals surface area contributed by atoms with Crippen molar-refractivity contribution in [1.29, 1.82) is 0 Å². The van der Waals surface area contributed by atoms with Crippen LogP contribution < -0.4 is 5.73 Å². The number of nitrogens with zero attached hydrogens (tertiary/aromatic N) is 3. The maximum absolute atomic E-state index is 5.61. The van der Waals surface area contributed by atoms with Crippen LogP contribution in [0.2, 0.25) is 5.28 Å². The summed E-state index contributed by atoms with van der Waals surface area (Å²) in [4.78, 5) is 11.4. The van der Waals surface area contributed by atoms with Gasteiger partial charge in [0.1, 0.15) is 5.82 Å². The number of anilines is 1. The number of aromatic nitrogens is 3. The van der Waals surface area contributed by atoms with Gasteiger partial charge in [-0.1, -0.05) is 6.92 Å². The lowest BCUT2D eigenvalue weighted by Crippen LogP contribution is -2.07. The maximum atomic E-state index is 5.61. The predicted octanol–water partition coefficient (Wildman–Crippen LogP) is 1.45. The Balaban J connectivity index is 3.00. The lowest BCUT2D eigenvalue weighted by molar-refractivity contribution is 0.770. The van der Waals surface area contributed by atoms with Crippen LogP contribution in [0.1, 0.15) is 18.7 Å². The molecule has 0 amide bonds. The minimum Gasteiger partial charge on any atom is -0.368 e. The molecule has 0 aromatic carbocycles. The molecule has 1 aromatic rings. The van der Waals surface area contributed by atoms with Gasteiger partial charge in [-0.2, -0.15) is 9.97 Å². The maximum Gasteiger partial charge on any atom is 0.227 e. The number of nitrogen functional groups attached to an aromatic ring is 1. The van der Waals surface area contributed by atoms with Crippen LogP contribution in [-0.2, 0) is 0 Å². The van der Waals surface area contributed by atoms with Gasteiger partial charge >= 0.3 is 0 Å². The van der Waals surface area contributed by atoms with E-state index in [0.29, 0.717) is 11.7 Å². The van der Waals surface area contributed by atoms with Crippen molar-refractivity contribution in [2.45, 2.75) is 12.8 Å². The van der Waals surface area contributed by atoms with Crippen LogP contribution in [0.4, 0.5) is 5.95 Å². The molecule has 1 aromatic heterocycles. The number of hydrogen-bond donors (Lipinski definition) is 1. The summed E-state index contributed by atoms with van der Waals surface area (Å²) in [6.45, 7) is 1.89. The highest BCUT2D eigenvalue weighted by Crippen LogP contribution is 2.14. The van der Waals surface area contributed by atoms with Gasteiger partial charge in [-0.3, -0.25) is 0 Å². The number of rotatable bonds is 2. The summed E-state index contributed by atoms with van der Waals surface area (Å²) >= 11 is 11.2. The summed E-state index contributed by atoms with van der Waals surface area (Å²) in [6.07, 6.45) is 0. The third-order valence-corrected chi connectivity index (χ3v) is 1.95. The fourth-order valence-electron chi connectivity index (χ4n) is 0.671. The third kappa shape index (κ3) is 2.19. The molecule has 66 valence electrons. The molecule has 1 rings (SSSR count). The van der Waals surface area contributed by atoms with Gasteiger partial charge in [-0.05, 0) is 11.6 Å². The van der Waals surface area contributed by atoms with Gasteiger partial charge in [-0.15, -0.1) is 11.6 Å². The zero-order valence-corrected chi connectivity index (χ0v) is 7.97. The molecule has 4 nitrogen and oxygen atoms in total. The summed E-state index contributed by atoms with van der Waals surface area (Å²) in [5, 5.41) is 0.106. The van der Waals surface area contributed by atoms with Crippen molar-refractivity contribution in [3.05, 3.63) is 11.1 Å². The smallest absolute Gasteiger partial charge is 0.227 e. The van der Waals surface area contributed by atoms with Crippen LogP contribution in [0.25, 0.3) is 0 Å². The minimum absolute atomic E-state index is 0.0365. The van der Waals surface area contributed by atoms with Gasteiger partial charge in [-0.25, -0.2) is 4.98 Å². The zero-order chi connectivity index (χ0) is 9.14. The first-order chi connectivity index (χ1) is 5.63. The van der Waals surface area contributed by atoms with Crippen molar-refractivity contribution < 1.29 is 0 Å². The highest BCUT2D eigenvalue weighted by Gasteiger charge is 2.09. The number of halogens is 2. The lowest BCUT2D eigenvalue weighted by atomic mass is 10.2. The Morgan fingerprint density at radius 1 is 1.42 bits per heavy atom. The summed E-state index contributed by atoms with van der Waals surface area (Å²) < 4.78 is 0. The minimum atomic E-state index is 0.0365. The van der Waals surface area contributed by atoms with Gasteiger partial charge in [0, 0.05) is 11.8 Å². The first kappa shape index (κ1) is 9.48. The number of alkyl halides is 1. The van der Waals surface area contributed by atoms with E-state index in [1.807, 2.05) is 6.92 Å². The van der Waals surface area contributed by atoms with E-state index >= 15 is 0 Å². The van der Waals surface area contributed by atoms with E-state index in [1.54, 1.807) is 0 Å². The topological polar surface area (TPSA) is 64.7 Å². The molecular formula is C6H8Cl2N4. The van der Waals surface area contributed by atoms with Crippen LogP contribution >= 0.6 is 23.2 Å². The second-order valence-electron chi connectivity index (χ2n) is 2.38. The van der Waals surface area contributed by atoms with Gasteiger partial charge < -0.3 is 5.73 Å². The van der Waals surface area contributed by atoms with Crippen molar-refractivity contribution in [2.24, 2.45) is 0 Å². The van der Waals surface area contributed by atoms with Gasteiger partial charge in [0.05, 0.1) is 0 Å². The molecule has 0 saturated carbocycles. The van der Waals surface area contributed by atoms with Crippen LogP contribution in [-0.4, -0.2) is 20.8 Å². The SMILES string of the molecule is CC(CCl)c1nc(N)nc(Cl)n1. The van der Waals surface area contributed by atoms with Crippen molar-refractivity contribution in [3.8, 4) is 0 Å². The van der Waals surface area contributed by atoms with E-state index in [0.717, 1.165) is 0 Å². The molecule has 1 heterocycles. The second kappa shape index (κ2) is 3.87. The average Bonchev–Trinajstić information content (AvgIpc) is 2.01. The third-order valence-electron chi connectivity index (χ3n) is 1.31. The standard InChI is InChI=1S/C6H8Cl2N4/c1-3(2-7)4-10-5(8)12-6(9)11-4/h3H,2H2,1H3,(H2,9,10,11,12). The molecule has 1 atom stereocenters. The average molecular weight is 207 g/mol. The van der Waals surface area contributed by atoms with Crippen molar-refractivity contribution in [3.63, 3.8) is 0 Å². The Labute approximate surface area is 80.1 Å². The number of hydrogen-bond acceptors (Lipinski definition) is 4. The Morgan fingerprint density at radius 3 is 2.58 bits per heavy atom. The zero-order valence-electron chi connectivity index (χ0n) is 6.46. The Bertz CT molecular complexity index is 258. The molecule has 0 aliphatic heterocycles. The molecule has 12 heavy (non-hydrogen) atoms. The van der Waals surface area contributed by atoms with Gasteiger partial charge in [0.2, 0.25) is 11.2 Å². The van der Waals surface area contributed by atoms with Crippen LogP contribution in [0.15, 0.2) is 0 Å². The molecule has 0 saturated heterocycles. The largest absolute Gasteiger partial charge is 0.368 e. The summed E-state index contributed by atoms with van der Waals surface area (Å²) in [5.74, 6) is 1.12. The summed E-state index contributed by atoms with van der Waals surface area (Å²) in [5.41, 5.74) is 5.36.